The summed E-state index contributed by atoms with van der Waals surface area (Å²) in [6.07, 6.45) is 0. The van der Waals surface area contributed by atoms with E-state index in [9.17, 15) is 9.59 Å². The molecular weight excluding hydrogens is 240 g/mol. The lowest BCUT2D eigenvalue weighted by Crippen LogP contribution is -2.44. The van der Waals surface area contributed by atoms with Gasteiger partial charge in [0.05, 0.1) is 10.7 Å². The number of aryl methyl sites for hydroxylation is 2. The van der Waals surface area contributed by atoms with E-state index >= 15 is 0 Å². The number of hydrogen-bond acceptors (Lipinski definition) is 4. The Kier molecular flexibility index (Phi) is 4.22. The van der Waals surface area contributed by atoms with Gasteiger partial charge in [-0.1, -0.05) is 13.8 Å². The van der Waals surface area contributed by atoms with Crippen LogP contribution in [0.3, 0.4) is 0 Å². The Bertz CT molecular complexity index is 440. The van der Waals surface area contributed by atoms with Gasteiger partial charge >= 0.3 is 5.97 Å². The van der Waals surface area contributed by atoms with Crippen molar-refractivity contribution in [3.05, 3.63) is 15.6 Å². The zero-order valence-corrected chi connectivity index (χ0v) is 11.1. The van der Waals surface area contributed by atoms with E-state index in [1.807, 2.05) is 6.92 Å². The lowest BCUT2D eigenvalue weighted by Gasteiger charge is -2.17. The fourth-order valence-corrected chi connectivity index (χ4v) is 2.29. The van der Waals surface area contributed by atoms with Crippen molar-refractivity contribution in [2.75, 3.05) is 0 Å². The fraction of sp³-hybridized carbons (Fsp3) is 0.545. The molecule has 1 heterocycles. The fourth-order valence-electron chi connectivity index (χ4n) is 1.46. The van der Waals surface area contributed by atoms with E-state index in [2.05, 4.69) is 10.3 Å². The van der Waals surface area contributed by atoms with Crippen molar-refractivity contribution in [1.82, 2.24) is 10.3 Å². The summed E-state index contributed by atoms with van der Waals surface area (Å²) in [5.74, 6) is -1.55. The molecule has 0 aliphatic rings. The van der Waals surface area contributed by atoms with Gasteiger partial charge in [-0.3, -0.25) is 4.79 Å². The Hall–Kier alpha value is -1.43. The predicted octanol–water partition coefficient (Wildman–Crippen LogP) is 1.60. The lowest BCUT2D eigenvalue weighted by molar-refractivity contribution is -0.140. The van der Waals surface area contributed by atoms with Crippen LogP contribution in [0.15, 0.2) is 0 Å². The van der Waals surface area contributed by atoms with Crippen LogP contribution < -0.4 is 5.32 Å². The van der Waals surface area contributed by atoms with Crippen LogP contribution in [0.2, 0.25) is 0 Å². The van der Waals surface area contributed by atoms with E-state index in [0.29, 0.717) is 10.6 Å². The highest BCUT2D eigenvalue weighted by molar-refractivity contribution is 7.13. The van der Waals surface area contributed by atoms with Gasteiger partial charge in [-0.2, -0.15) is 0 Å². The zero-order chi connectivity index (χ0) is 13.2. The van der Waals surface area contributed by atoms with Crippen molar-refractivity contribution >= 4 is 23.2 Å². The van der Waals surface area contributed by atoms with Crippen molar-refractivity contribution in [1.29, 1.82) is 0 Å². The van der Waals surface area contributed by atoms with E-state index in [1.165, 1.54) is 11.3 Å². The number of rotatable bonds is 4. The molecular formula is C11H16N2O3S. The second-order valence-electron chi connectivity index (χ2n) is 4.18. The third-order valence-electron chi connectivity index (χ3n) is 2.33. The maximum atomic E-state index is 11.9. The van der Waals surface area contributed by atoms with Crippen LogP contribution in [0.4, 0.5) is 0 Å². The first kappa shape index (κ1) is 13.6. The van der Waals surface area contributed by atoms with E-state index in [0.717, 1.165) is 5.01 Å². The molecule has 0 saturated carbocycles. The van der Waals surface area contributed by atoms with Crippen molar-refractivity contribution < 1.29 is 14.7 Å². The van der Waals surface area contributed by atoms with Gasteiger partial charge in [0.1, 0.15) is 10.9 Å². The normalized spacial score (nSPS) is 12.5. The first-order valence-electron chi connectivity index (χ1n) is 5.30. The molecule has 0 aromatic carbocycles. The molecule has 0 aliphatic carbocycles. The summed E-state index contributed by atoms with van der Waals surface area (Å²) in [4.78, 5) is 27.5. The molecule has 17 heavy (non-hydrogen) atoms. The summed E-state index contributed by atoms with van der Waals surface area (Å²) in [6, 6.07) is -0.871. The van der Waals surface area contributed by atoms with E-state index in [4.69, 9.17) is 5.11 Å². The molecule has 1 aromatic heterocycles. The van der Waals surface area contributed by atoms with Gasteiger partial charge in [0, 0.05) is 0 Å². The summed E-state index contributed by atoms with van der Waals surface area (Å²) in [5.41, 5.74) is 0.637. The summed E-state index contributed by atoms with van der Waals surface area (Å²) in [6.45, 7) is 7.06. The summed E-state index contributed by atoms with van der Waals surface area (Å²) in [5, 5.41) is 12.3. The molecule has 94 valence electrons. The standard InChI is InChI=1S/C11H16N2O3S/c1-5(2)8(11(15)16)13-10(14)9-6(3)12-7(4)17-9/h5,8H,1-4H3,(H,13,14)(H,15,16)/t8-/m0/s1. The SMILES string of the molecule is Cc1nc(C)c(C(=O)N[C@H](C(=O)O)C(C)C)s1. The van der Waals surface area contributed by atoms with Gasteiger partial charge in [0.15, 0.2) is 0 Å². The average molecular weight is 256 g/mol. The number of carboxylic acid groups (broad SMARTS) is 1. The highest BCUT2D eigenvalue weighted by Gasteiger charge is 2.25. The Morgan fingerprint density at radius 3 is 2.29 bits per heavy atom. The van der Waals surface area contributed by atoms with Crippen LogP contribution in [0.25, 0.3) is 0 Å². The maximum Gasteiger partial charge on any atom is 0.326 e. The maximum absolute atomic E-state index is 11.9. The number of nitrogens with zero attached hydrogens (tertiary/aromatic N) is 1. The third kappa shape index (κ3) is 3.26. The van der Waals surface area contributed by atoms with Crippen LogP contribution in [0.5, 0.6) is 0 Å². The van der Waals surface area contributed by atoms with Crippen LogP contribution >= 0.6 is 11.3 Å². The minimum absolute atomic E-state index is 0.161. The number of carbonyl (C=O) groups is 2. The Balaban J connectivity index is 2.85. The predicted molar refractivity (Wildman–Crippen MR) is 65.3 cm³/mol. The molecule has 0 bridgehead atoms. The molecule has 0 spiro atoms. The number of thiazole rings is 1. The highest BCUT2D eigenvalue weighted by Crippen LogP contribution is 2.17. The number of carbonyl (C=O) groups excluding carboxylic acids is 1. The first-order chi connectivity index (χ1) is 7.82. The number of aliphatic carboxylic acids is 1. The minimum atomic E-state index is -1.02. The van der Waals surface area contributed by atoms with Crippen molar-refractivity contribution in [3.63, 3.8) is 0 Å². The number of hydrogen-bond donors (Lipinski definition) is 2. The highest BCUT2D eigenvalue weighted by atomic mass is 32.1. The van der Waals surface area contributed by atoms with Gasteiger partial charge in [-0.15, -0.1) is 11.3 Å². The number of nitrogens with one attached hydrogen (secondary N) is 1. The van der Waals surface area contributed by atoms with E-state index in [-0.39, 0.29) is 11.8 Å². The van der Waals surface area contributed by atoms with Crippen LogP contribution in [0, 0.1) is 19.8 Å². The summed E-state index contributed by atoms with van der Waals surface area (Å²) >= 11 is 1.27. The quantitative estimate of drug-likeness (QED) is 0.857. The number of carboxylic acids is 1. The monoisotopic (exact) mass is 256 g/mol. The minimum Gasteiger partial charge on any atom is -0.480 e. The largest absolute Gasteiger partial charge is 0.480 e. The molecule has 0 fully saturated rings. The second-order valence-corrected chi connectivity index (χ2v) is 5.38. The van der Waals surface area contributed by atoms with Gasteiger partial charge in [0.25, 0.3) is 5.91 Å². The topological polar surface area (TPSA) is 79.3 Å². The molecule has 5 nitrogen and oxygen atoms in total. The van der Waals surface area contributed by atoms with E-state index in [1.54, 1.807) is 20.8 Å². The molecule has 0 aliphatic heterocycles. The van der Waals surface area contributed by atoms with Gasteiger partial charge in [-0.25, -0.2) is 9.78 Å². The smallest absolute Gasteiger partial charge is 0.326 e. The average Bonchev–Trinajstić information content (AvgIpc) is 2.53. The summed E-state index contributed by atoms with van der Waals surface area (Å²) in [7, 11) is 0. The second kappa shape index (κ2) is 5.27. The molecule has 0 unspecified atom stereocenters. The van der Waals surface area contributed by atoms with Crippen LogP contribution in [-0.2, 0) is 4.79 Å². The molecule has 1 amide bonds. The number of aromatic nitrogens is 1. The summed E-state index contributed by atoms with van der Waals surface area (Å²) < 4.78 is 0. The van der Waals surface area contributed by atoms with Gasteiger partial charge in [-0.05, 0) is 19.8 Å². The third-order valence-corrected chi connectivity index (χ3v) is 3.40. The molecule has 1 rings (SSSR count). The lowest BCUT2D eigenvalue weighted by atomic mass is 10.0. The number of amides is 1. The Morgan fingerprint density at radius 1 is 1.35 bits per heavy atom. The van der Waals surface area contributed by atoms with Crippen LogP contribution in [-0.4, -0.2) is 28.0 Å². The molecule has 2 N–H and O–H groups in total. The Morgan fingerprint density at radius 2 is 1.94 bits per heavy atom. The van der Waals surface area contributed by atoms with E-state index < -0.39 is 12.0 Å². The molecule has 1 aromatic rings. The zero-order valence-electron chi connectivity index (χ0n) is 10.3. The van der Waals surface area contributed by atoms with Crippen molar-refractivity contribution in [2.24, 2.45) is 5.92 Å². The van der Waals surface area contributed by atoms with Crippen molar-refractivity contribution in [3.8, 4) is 0 Å². The molecule has 0 saturated heterocycles. The molecule has 1 atom stereocenters. The van der Waals surface area contributed by atoms with Crippen molar-refractivity contribution in [2.45, 2.75) is 33.7 Å². The molecule has 0 radical (unpaired) electrons. The van der Waals surface area contributed by atoms with Gasteiger partial charge < -0.3 is 10.4 Å². The Labute approximate surface area is 104 Å². The first-order valence-corrected chi connectivity index (χ1v) is 6.12. The van der Waals surface area contributed by atoms with Crippen LogP contribution in [0.1, 0.15) is 34.2 Å². The molecule has 6 heteroatoms. The van der Waals surface area contributed by atoms with Gasteiger partial charge in [0.2, 0.25) is 0 Å².